The summed E-state index contributed by atoms with van der Waals surface area (Å²) >= 11 is 2.51. The van der Waals surface area contributed by atoms with Gasteiger partial charge in [-0.25, -0.2) is 9.97 Å². The summed E-state index contributed by atoms with van der Waals surface area (Å²) in [7, 11) is 0. The normalized spacial score (nSPS) is 10.4. The van der Waals surface area contributed by atoms with Crippen molar-refractivity contribution in [3.8, 4) is 0 Å². The van der Waals surface area contributed by atoms with Crippen molar-refractivity contribution in [2.24, 2.45) is 0 Å². The highest BCUT2D eigenvalue weighted by Crippen LogP contribution is 2.18. The molecule has 4 N–H and O–H groups in total. The maximum atomic E-state index is 12.5. The van der Waals surface area contributed by atoms with Gasteiger partial charge < -0.3 is 0 Å². The number of carbonyl (C=O) groups excluding carboxylic acids is 4. The molecule has 0 fully saturated rings. The maximum absolute atomic E-state index is 12.5. The summed E-state index contributed by atoms with van der Waals surface area (Å²) in [6, 6.07) is 20.7. The fourth-order valence-corrected chi connectivity index (χ4v) is 4.46. The summed E-state index contributed by atoms with van der Waals surface area (Å²) in [6.07, 6.45) is 3.28. The van der Waals surface area contributed by atoms with Gasteiger partial charge in [-0.2, -0.15) is 0 Å². The topological polar surface area (TPSA) is 142 Å². The lowest BCUT2D eigenvalue weighted by molar-refractivity contribution is -0.120. The predicted molar refractivity (Wildman–Crippen MR) is 145 cm³/mol. The van der Waals surface area contributed by atoms with E-state index < -0.39 is 11.8 Å². The Balaban J connectivity index is 1.26. The van der Waals surface area contributed by atoms with Crippen molar-refractivity contribution in [3.63, 3.8) is 0 Å². The number of pyridine rings is 2. The van der Waals surface area contributed by atoms with Crippen LogP contribution < -0.4 is 21.7 Å². The minimum atomic E-state index is -0.476. The molecule has 38 heavy (non-hydrogen) atoms. The predicted octanol–water partition coefficient (Wildman–Crippen LogP) is 2.74. The number of hydrogen-bond acceptors (Lipinski definition) is 8. The molecule has 0 unspecified atom stereocenters. The minimum Gasteiger partial charge on any atom is -0.272 e. The van der Waals surface area contributed by atoms with Gasteiger partial charge in [0.2, 0.25) is 11.8 Å². The number of fused-ring (bicyclic) bond motifs is 1. The van der Waals surface area contributed by atoms with E-state index in [-0.39, 0.29) is 23.3 Å². The van der Waals surface area contributed by atoms with Crippen molar-refractivity contribution in [1.29, 1.82) is 0 Å². The lowest BCUT2D eigenvalue weighted by Crippen LogP contribution is -2.42. The van der Waals surface area contributed by atoms with Gasteiger partial charge >= 0.3 is 0 Å². The van der Waals surface area contributed by atoms with E-state index in [4.69, 9.17) is 0 Å². The quantitative estimate of drug-likeness (QED) is 0.195. The molecule has 4 rings (SSSR count). The molecule has 192 valence electrons. The second kappa shape index (κ2) is 13.2. The Morgan fingerprint density at radius 3 is 1.42 bits per heavy atom. The Morgan fingerprint density at radius 2 is 1.03 bits per heavy atom. The summed E-state index contributed by atoms with van der Waals surface area (Å²) in [5.41, 5.74) is 10.2. The van der Waals surface area contributed by atoms with Crippen LogP contribution in [-0.2, 0) is 9.59 Å². The van der Waals surface area contributed by atoms with Crippen LogP contribution >= 0.6 is 23.5 Å². The molecule has 4 aromatic rings. The SMILES string of the molecule is O=C(CSc1ccccn1)NNC(=O)c1ccc2cc(C(=O)NNC(=O)CSc3ccccn3)ccc2c1. The average Bonchev–Trinajstić information content (AvgIpc) is 2.97. The zero-order valence-corrected chi connectivity index (χ0v) is 21.5. The van der Waals surface area contributed by atoms with Gasteiger partial charge in [-0.05, 0) is 59.3 Å². The van der Waals surface area contributed by atoms with E-state index in [2.05, 4.69) is 31.7 Å². The Labute approximate surface area is 226 Å². The van der Waals surface area contributed by atoms with Gasteiger partial charge in [0, 0.05) is 23.5 Å². The van der Waals surface area contributed by atoms with Crippen molar-refractivity contribution in [3.05, 3.63) is 96.3 Å². The first-order valence-corrected chi connectivity index (χ1v) is 13.2. The van der Waals surface area contributed by atoms with Crippen LogP contribution in [0.15, 0.2) is 95.2 Å². The van der Waals surface area contributed by atoms with Crippen LogP contribution in [0.4, 0.5) is 0 Å². The number of amides is 4. The number of rotatable bonds is 8. The number of hydrogen-bond donors (Lipinski definition) is 4. The summed E-state index contributed by atoms with van der Waals surface area (Å²) in [6.45, 7) is 0. The first kappa shape index (κ1) is 26.6. The monoisotopic (exact) mass is 546 g/mol. The Bertz CT molecular complexity index is 1340. The number of benzene rings is 2. The highest BCUT2D eigenvalue weighted by atomic mass is 32.2. The molecule has 4 amide bonds. The molecule has 2 aromatic carbocycles. The third-order valence-electron chi connectivity index (χ3n) is 4.97. The molecule has 10 nitrogen and oxygen atoms in total. The first-order valence-electron chi connectivity index (χ1n) is 11.3. The number of carbonyl (C=O) groups is 4. The van der Waals surface area contributed by atoms with Crippen LogP contribution in [0.5, 0.6) is 0 Å². The molecule has 0 saturated heterocycles. The Hall–Kier alpha value is -4.42. The third kappa shape index (κ3) is 7.79. The largest absolute Gasteiger partial charge is 0.272 e. The lowest BCUT2D eigenvalue weighted by atomic mass is 10.0. The molecule has 0 spiro atoms. The van der Waals surface area contributed by atoms with E-state index in [1.165, 1.54) is 23.5 Å². The molecule has 0 radical (unpaired) electrons. The van der Waals surface area contributed by atoms with Crippen LogP contribution in [0.3, 0.4) is 0 Å². The second-order valence-corrected chi connectivity index (χ2v) is 9.69. The van der Waals surface area contributed by atoms with Gasteiger partial charge in [0.25, 0.3) is 11.8 Å². The third-order valence-corrected chi connectivity index (χ3v) is 6.86. The van der Waals surface area contributed by atoms with Gasteiger partial charge in [-0.1, -0.05) is 47.8 Å². The molecular weight excluding hydrogens is 524 g/mol. The van der Waals surface area contributed by atoms with E-state index in [0.717, 1.165) is 10.8 Å². The Kier molecular flexibility index (Phi) is 9.27. The molecule has 2 heterocycles. The van der Waals surface area contributed by atoms with Crippen molar-refractivity contribution in [2.45, 2.75) is 10.1 Å². The van der Waals surface area contributed by atoms with E-state index in [9.17, 15) is 19.2 Å². The smallest absolute Gasteiger partial charge is 0.269 e. The molecule has 0 aliphatic heterocycles. The van der Waals surface area contributed by atoms with Crippen molar-refractivity contribution in [1.82, 2.24) is 31.7 Å². The number of nitrogens with zero attached hydrogens (tertiary/aromatic N) is 2. The Morgan fingerprint density at radius 1 is 0.579 bits per heavy atom. The standard InChI is InChI=1S/C26H22N6O4S2/c33-21(15-37-23-5-1-3-11-27-23)29-31-25(35)19-9-7-18-14-20(10-8-17(18)13-19)26(36)32-30-22(34)16-38-24-6-2-4-12-28-24/h1-14H,15-16H2,(H,29,33)(H,30,34)(H,31,35)(H,32,36). The molecule has 0 aliphatic rings. The van der Waals surface area contributed by atoms with Gasteiger partial charge in [0.15, 0.2) is 0 Å². The average molecular weight is 547 g/mol. The summed E-state index contributed by atoms with van der Waals surface area (Å²) in [5.74, 6) is -1.49. The van der Waals surface area contributed by atoms with Crippen LogP contribution in [-0.4, -0.2) is 45.1 Å². The zero-order chi connectivity index (χ0) is 26.7. The molecule has 12 heteroatoms. The summed E-state index contributed by atoms with van der Waals surface area (Å²) < 4.78 is 0. The molecule has 0 saturated carbocycles. The molecule has 0 bridgehead atoms. The van der Waals surface area contributed by atoms with E-state index in [1.54, 1.807) is 73.1 Å². The number of thioether (sulfide) groups is 2. The fourth-order valence-electron chi connectivity index (χ4n) is 3.14. The summed E-state index contributed by atoms with van der Waals surface area (Å²) in [5, 5.41) is 2.86. The lowest BCUT2D eigenvalue weighted by Gasteiger charge is -2.10. The number of aromatic nitrogens is 2. The van der Waals surface area contributed by atoms with Gasteiger partial charge in [0.1, 0.15) is 0 Å². The highest BCUT2D eigenvalue weighted by Gasteiger charge is 2.12. The van der Waals surface area contributed by atoms with Crippen LogP contribution in [0, 0.1) is 0 Å². The van der Waals surface area contributed by atoms with Crippen molar-refractivity contribution in [2.75, 3.05) is 11.5 Å². The van der Waals surface area contributed by atoms with Crippen LogP contribution in [0.1, 0.15) is 20.7 Å². The number of hydrazine groups is 2. The maximum Gasteiger partial charge on any atom is 0.269 e. The zero-order valence-electron chi connectivity index (χ0n) is 19.8. The molecule has 2 aromatic heterocycles. The molecule has 0 atom stereocenters. The summed E-state index contributed by atoms with van der Waals surface area (Å²) in [4.78, 5) is 57.2. The second-order valence-electron chi connectivity index (χ2n) is 7.69. The van der Waals surface area contributed by atoms with Crippen LogP contribution in [0.2, 0.25) is 0 Å². The minimum absolute atomic E-state index is 0.101. The van der Waals surface area contributed by atoms with Crippen molar-refractivity contribution >= 4 is 57.9 Å². The van der Waals surface area contributed by atoms with E-state index in [1.807, 2.05) is 12.1 Å². The van der Waals surface area contributed by atoms with E-state index >= 15 is 0 Å². The van der Waals surface area contributed by atoms with Crippen molar-refractivity contribution < 1.29 is 19.2 Å². The van der Waals surface area contributed by atoms with Gasteiger partial charge in [0.05, 0.1) is 21.6 Å². The van der Waals surface area contributed by atoms with Crippen LogP contribution in [0.25, 0.3) is 10.8 Å². The van der Waals surface area contributed by atoms with E-state index in [0.29, 0.717) is 21.2 Å². The first-order chi connectivity index (χ1) is 18.5. The van der Waals surface area contributed by atoms with Gasteiger partial charge in [-0.3, -0.25) is 40.9 Å². The number of nitrogens with one attached hydrogen (secondary N) is 4. The highest BCUT2D eigenvalue weighted by molar-refractivity contribution is 8.00. The molecular formula is C26H22N6O4S2. The van der Waals surface area contributed by atoms with Gasteiger partial charge in [-0.15, -0.1) is 0 Å². The molecule has 0 aliphatic carbocycles. The fraction of sp³-hybridized carbons (Fsp3) is 0.0769.